The largest absolute Gasteiger partial charge is 0.493 e. The van der Waals surface area contributed by atoms with Crippen molar-refractivity contribution in [3.8, 4) is 11.5 Å². The highest BCUT2D eigenvalue weighted by atomic mass is 32.2. The molecule has 0 aliphatic carbocycles. The normalized spacial score (nSPS) is 12.0. The van der Waals surface area contributed by atoms with Gasteiger partial charge in [0.05, 0.1) is 23.0 Å². The molecule has 0 radical (unpaired) electrons. The second kappa shape index (κ2) is 10.3. The molecule has 1 N–H and O–H groups in total. The Morgan fingerprint density at radius 2 is 1.82 bits per heavy atom. The number of hydrogen-bond donors (Lipinski definition) is 1. The molecule has 2 aromatic carbocycles. The molecule has 1 atom stereocenters. The highest BCUT2D eigenvalue weighted by molar-refractivity contribution is 7.90. The number of carbonyl (C=O) groups excluding carboxylic acids is 1. The number of non-ortho nitro benzene ring substituents is 1. The van der Waals surface area contributed by atoms with Gasteiger partial charge in [0.1, 0.15) is 6.61 Å². The van der Waals surface area contributed by atoms with Crippen molar-refractivity contribution in [2.45, 2.75) is 24.5 Å². The van der Waals surface area contributed by atoms with Crippen LogP contribution in [-0.2, 0) is 16.4 Å². The van der Waals surface area contributed by atoms with Crippen LogP contribution in [0.2, 0.25) is 0 Å². The molecule has 178 valence electrons. The minimum absolute atomic E-state index is 0.134. The van der Waals surface area contributed by atoms with Crippen molar-refractivity contribution in [2.75, 3.05) is 13.4 Å². The van der Waals surface area contributed by atoms with Crippen LogP contribution in [0.4, 0.5) is 5.69 Å². The summed E-state index contributed by atoms with van der Waals surface area (Å²) in [6.45, 7) is 2.04. The van der Waals surface area contributed by atoms with E-state index in [0.717, 1.165) is 30.0 Å². The van der Waals surface area contributed by atoms with E-state index in [4.69, 9.17) is 9.47 Å². The lowest BCUT2D eigenvalue weighted by atomic mass is 10.1. The van der Waals surface area contributed by atoms with Crippen molar-refractivity contribution in [3.63, 3.8) is 0 Å². The van der Waals surface area contributed by atoms with Gasteiger partial charge in [0.15, 0.2) is 21.3 Å². The Morgan fingerprint density at radius 1 is 1.12 bits per heavy atom. The monoisotopic (exact) mass is 485 g/mol. The zero-order valence-electron chi connectivity index (χ0n) is 18.7. The lowest BCUT2D eigenvalue weighted by Crippen LogP contribution is -2.27. The molecule has 1 aromatic heterocycles. The number of ether oxygens (including phenoxy) is 2. The van der Waals surface area contributed by atoms with E-state index in [9.17, 15) is 23.3 Å². The van der Waals surface area contributed by atoms with Crippen LogP contribution in [0.25, 0.3) is 0 Å². The lowest BCUT2D eigenvalue weighted by molar-refractivity contribution is -0.385. The molecule has 1 unspecified atom stereocenters. The third-order valence-corrected chi connectivity index (χ3v) is 6.06. The molecule has 3 aromatic rings. The first-order valence-corrected chi connectivity index (χ1v) is 12.0. The van der Waals surface area contributed by atoms with Crippen LogP contribution < -0.4 is 14.8 Å². The Kier molecular flexibility index (Phi) is 7.47. The van der Waals surface area contributed by atoms with Gasteiger partial charge in [-0.1, -0.05) is 6.07 Å². The van der Waals surface area contributed by atoms with Gasteiger partial charge >= 0.3 is 0 Å². The molecule has 34 heavy (non-hydrogen) atoms. The zero-order chi connectivity index (χ0) is 24.9. The Bertz CT molecular complexity index is 1310. The van der Waals surface area contributed by atoms with Crippen LogP contribution in [0.5, 0.6) is 11.5 Å². The Hall–Kier alpha value is -3.99. The van der Waals surface area contributed by atoms with Crippen molar-refractivity contribution >= 4 is 21.4 Å². The highest BCUT2D eigenvalue weighted by Gasteiger charge is 2.21. The van der Waals surface area contributed by atoms with E-state index in [0.29, 0.717) is 23.7 Å². The van der Waals surface area contributed by atoms with Crippen LogP contribution in [0.3, 0.4) is 0 Å². The number of pyridine rings is 1. The molecule has 0 saturated carbocycles. The topological polar surface area (TPSA) is 138 Å². The second-order valence-electron chi connectivity index (χ2n) is 7.49. The minimum Gasteiger partial charge on any atom is -0.493 e. The van der Waals surface area contributed by atoms with E-state index in [1.807, 2.05) is 12.1 Å². The fourth-order valence-corrected chi connectivity index (χ4v) is 3.79. The van der Waals surface area contributed by atoms with Crippen molar-refractivity contribution in [1.82, 2.24) is 10.3 Å². The predicted molar refractivity (Wildman–Crippen MR) is 124 cm³/mol. The lowest BCUT2D eigenvalue weighted by Gasteiger charge is -2.17. The van der Waals surface area contributed by atoms with Gasteiger partial charge in [-0.05, 0) is 48.4 Å². The number of rotatable bonds is 9. The van der Waals surface area contributed by atoms with Crippen LogP contribution >= 0.6 is 0 Å². The standard InChI is InChI=1S/C23H23N3O7S/c1-15(25-23(27)18-10-19(26(28)29)13-20(11-18)34(3,30)31)17-4-5-21(22(12-17)32-2)33-14-16-6-8-24-9-7-16/h4-13,15H,14H2,1-3H3,(H,25,27). The van der Waals surface area contributed by atoms with Gasteiger partial charge in [-0.15, -0.1) is 0 Å². The number of aromatic nitrogens is 1. The maximum atomic E-state index is 12.8. The van der Waals surface area contributed by atoms with E-state index < -0.39 is 32.4 Å². The molecule has 1 heterocycles. The quantitative estimate of drug-likeness (QED) is 0.359. The van der Waals surface area contributed by atoms with E-state index in [1.165, 1.54) is 7.11 Å². The van der Waals surface area contributed by atoms with Gasteiger partial charge in [0.2, 0.25) is 0 Å². The van der Waals surface area contributed by atoms with Crippen molar-refractivity contribution < 1.29 is 27.6 Å². The first-order chi connectivity index (χ1) is 16.1. The number of sulfone groups is 1. The average Bonchev–Trinajstić information content (AvgIpc) is 2.82. The molecule has 10 nitrogen and oxygen atoms in total. The number of carbonyl (C=O) groups is 1. The molecule has 11 heteroatoms. The van der Waals surface area contributed by atoms with E-state index in [1.54, 1.807) is 37.5 Å². The number of hydrogen-bond acceptors (Lipinski definition) is 8. The van der Waals surface area contributed by atoms with Gasteiger partial charge in [-0.2, -0.15) is 0 Å². The van der Waals surface area contributed by atoms with Crippen molar-refractivity contribution in [2.24, 2.45) is 0 Å². The van der Waals surface area contributed by atoms with Crippen LogP contribution in [0, 0.1) is 10.1 Å². The predicted octanol–water partition coefficient (Wildman–Crippen LogP) is 3.47. The maximum Gasteiger partial charge on any atom is 0.271 e. The number of nitrogens with zero attached hydrogens (tertiary/aromatic N) is 2. The smallest absolute Gasteiger partial charge is 0.271 e. The van der Waals surface area contributed by atoms with Gasteiger partial charge in [0.25, 0.3) is 11.6 Å². The Morgan fingerprint density at radius 3 is 2.44 bits per heavy atom. The summed E-state index contributed by atoms with van der Waals surface area (Å²) in [7, 11) is -2.26. The maximum absolute atomic E-state index is 12.8. The van der Waals surface area contributed by atoms with Crippen molar-refractivity contribution in [3.05, 3.63) is 87.7 Å². The summed E-state index contributed by atoms with van der Waals surface area (Å²) in [4.78, 5) is 26.9. The number of methoxy groups -OCH3 is 1. The minimum atomic E-state index is -3.75. The summed E-state index contributed by atoms with van der Waals surface area (Å²) in [5, 5.41) is 13.9. The second-order valence-corrected chi connectivity index (χ2v) is 9.51. The van der Waals surface area contributed by atoms with Gasteiger partial charge < -0.3 is 14.8 Å². The molecule has 0 fully saturated rings. The number of nitro groups is 1. The zero-order valence-corrected chi connectivity index (χ0v) is 19.5. The first-order valence-electron chi connectivity index (χ1n) is 10.1. The molecule has 0 aliphatic heterocycles. The van der Waals surface area contributed by atoms with E-state index >= 15 is 0 Å². The van der Waals surface area contributed by atoms with Crippen LogP contribution in [-0.4, -0.2) is 37.6 Å². The summed E-state index contributed by atoms with van der Waals surface area (Å²) in [5.41, 5.74) is 1.01. The Labute approximate surface area is 196 Å². The summed E-state index contributed by atoms with van der Waals surface area (Å²) < 4.78 is 35.0. The fourth-order valence-electron chi connectivity index (χ4n) is 3.11. The molecule has 1 amide bonds. The van der Waals surface area contributed by atoms with Gasteiger partial charge in [0, 0.05) is 36.3 Å². The third-order valence-electron chi connectivity index (χ3n) is 4.97. The summed E-state index contributed by atoms with van der Waals surface area (Å²) in [5.74, 6) is 0.318. The third kappa shape index (κ3) is 6.07. The van der Waals surface area contributed by atoms with Crippen molar-refractivity contribution in [1.29, 1.82) is 0 Å². The van der Waals surface area contributed by atoms with E-state index in [2.05, 4.69) is 10.3 Å². The SMILES string of the molecule is COc1cc(C(C)NC(=O)c2cc([N+](=O)[O-])cc(S(C)(=O)=O)c2)ccc1OCc1ccncc1. The summed E-state index contributed by atoms with van der Waals surface area (Å²) in [6, 6.07) is 11.4. The molecule has 0 spiro atoms. The van der Waals surface area contributed by atoms with Crippen LogP contribution in [0.15, 0.2) is 65.8 Å². The summed E-state index contributed by atoms with van der Waals surface area (Å²) in [6.07, 6.45) is 4.26. The molecule has 0 bridgehead atoms. The number of benzene rings is 2. The molecule has 3 rings (SSSR count). The van der Waals surface area contributed by atoms with E-state index in [-0.39, 0.29) is 10.5 Å². The number of nitrogens with one attached hydrogen (secondary N) is 1. The fraction of sp³-hybridized carbons (Fsp3) is 0.217. The molecular weight excluding hydrogens is 462 g/mol. The number of amides is 1. The Balaban J connectivity index is 1.78. The van der Waals surface area contributed by atoms with Gasteiger partial charge in [-0.25, -0.2) is 8.42 Å². The molecule has 0 saturated heterocycles. The summed E-state index contributed by atoms with van der Waals surface area (Å²) >= 11 is 0. The molecule has 0 aliphatic rings. The highest BCUT2D eigenvalue weighted by Crippen LogP contribution is 2.31. The molecular formula is C23H23N3O7S. The van der Waals surface area contributed by atoms with Gasteiger partial charge in [-0.3, -0.25) is 19.9 Å². The number of nitro benzene ring substituents is 1. The van der Waals surface area contributed by atoms with Crippen LogP contribution in [0.1, 0.15) is 34.5 Å². The first kappa shape index (κ1) is 24.6. The average molecular weight is 486 g/mol.